The van der Waals surface area contributed by atoms with Gasteiger partial charge in [-0.25, -0.2) is 0 Å². The van der Waals surface area contributed by atoms with E-state index >= 15 is 0 Å². The number of aryl methyl sites for hydroxylation is 2. The summed E-state index contributed by atoms with van der Waals surface area (Å²) in [5.74, 6) is 1.19. The number of carbonyl (C=O) groups excluding carboxylic acids is 1. The Kier molecular flexibility index (Phi) is 6.20. The SMILES string of the molecule is Cc1nc(CN2C[C@H]3CN(C(=O)c4nn(C)cc4Cl)C[C@@]3(CO)C2)no1.O=CO. The molecule has 2 N–H and O–H groups in total. The lowest BCUT2D eigenvalue weighted by atomic mass is 9.82. The van der Waals surface area contributed by atoms with E-state index in [1.165, 1.54) is 4.68 Å². The highest BCUT2D eigenvalue weighted by molar-refractivity contribution is 6.33. The van der Waals surface area contributed by atoms with E-state index in [1.54, 1.807) is 25.1 Å². The highest BCUT2D eigenvalue weighted by Gasteiger charge is 2.53. The fourth-order valence-corrected chi connectivity index (χ4v) is 4.41. The topological polar surface area (TPSA) is 138 Å². The Hall–Kier alpha value is -2.50. The second kappa shape index (κ2) is 8.47. The second-order valence-electron chi connectivity index (χ2n) is 7.41. The first-order chi connectivity index (χ1) is 13.8. The van der Waals surface area contributed by atoms with Crippen molar-refractivity contribution < 1.29 is 24.3 Å². The summed E-state index contributed by atoms with van der Waals surface area (Å²) in [6.07, 6.45) is 1.61. The number of carbonyl (C=O) groups is 2. The Bertz CT molecular complexity index is 886. The highest BCUT2D eigenvalue weighted by Crippen LogP contribution is 2.43. The van der Waals surface area contributed by atoms with Crippen LogP contribution in [0.4, 0.5) is 0 Å². The summed E-state index contributed by atoms with van der Waals surface area (Å²) >= 11 is 6.11. The van der Waals surface area contributed by atoms with Gasteiger partial charge in [0.25, 0.3) is 12.4 Å². The molecule has 0 spiro atoms. The van der Waals surface area contributed by atoms with Crippen molar-refractivity contribution >= 4 is 24.0 Å². The molecule has 29 heavy (non-hydrogen) atoms. The number of fused-ring (bicyclic) bond motifs is 1. The van der Waals surface area contributed by atoms with Crippen LogP contribution in [0, 0.1) is 18.3 Å². The lowest BCUT2D eigenvalue weighted by Gasteiger charge is -2.26. The number of hydrogen-bond donors (Lipinski definition) is 2. The molecule has 2 aromatic rings. The maximum absolute atomic E-state index is 12.8. The summed E-state index contributed by atoms with van der Waals surface area (Å²) in [4.78, 5) is 29.3. The lowest BCUT2D eigenvalue weighted by Crippen LogP contribution is -2.39. The predicted octanol–water partition coefficient (Wildman–Crippen LogP) is 0.0322. The summed E-state index contributed by atoms with van der Waals surface area (Å²) in [7, 11) is 1.73. The first-order valence-corrected chi connectivity index (χ1v) is 9.38. The van der Waals surface area contributed by atoms with E-state index < -0.39 is 0 Å². The molecular weight excluding hydrogens is 404 g/mol. The number of aromatic nitrogens is 4. The maximum atomic E-state index is 12.8. The molecule has 158 valence electrons. The summed E-state index contributed by atoms with van der Waals surface area (Å²) < 4.78 is 6.55. The molecule has 1 amide bonds. The average molecular weight is 427 g/mol. The number of hydrogen-bond acceptors (Lipinski definition) is 8. The highest BCUT2D eigenvalue weighted by atomic mass is 35.5. The number of amides is 1. The average Bonchev–Trinajstić information content (AvgIpc) is 3.38. The molecule has 2 saturated heterocycles. The molecule has 2 aliphatic rings. The third-order valence-corrected chi connectivity index (χ3v) is 5.63. The van der Waals surface area contributed by atoms with Crippen LogP contribution in [-0.2, 0) is 18.4 Å². The van der Waals surface area contributed by atoms with Crippen molar-refractivity contribution in [2.75, 3.05) is 32.8 Å². The molecule has 0 aromatic carbocycles. The fraction of sp³-hybridized carbons (Fsp3) is 0.588. The summed E-state index contributed by atoms with van der Waals surface area (Å²) in [6, 6.07) is 0. The number of carboxylic acid groups (broad SMARTS) is 1. The monoisotopic (exact) mass is 426 g/mol. The quantitative estimate of drug-likeness (QED) is 0.648. The summed E-state index contributed by atoms with van der Waals surface area (Å²) in [5, 5.41) is 25.4. The smallest absolute Gasteiger partial charge is 0.290 e. The molecule has 2 fully saturated rings. The van der Waals surface area contributed by atoms with Crippen LogP contribution in [0.1, 0.15) is 22.2 Å². The van der Waals surface area contributed by atoms with Crippen molar-refractivity contribution in [3.8, 4) is 0 Å². The van der Waals surface area contributed by atoms with E-state index in [-0.39, 0.29) is 36.0 Å². The van der Waals surface area contributed by atoms with Gasteiger partial charge in [0.2, 0.25) is 5.89 Å². The van der Waals surface area contributed by atoms with Gasteiger partial charge in [-0.3, -0.25) is 19.2 Å². The van der Waals surface area contributed by atoms with Gasteiger partial charge >= 0.3 is 0 Å². The van der Waals surface area contributed by atoms with Crippen molar-refractivity contribution in [2.24, 2.45) is 18.4 Å². The molecule has 4 heterocycles. The number of aliphatic hydroxyl groups is 1. The molecule has 2 atom stereocenters. The molecule has 11 nitrogen and oxygen atoms in total. The van der Waals surface area contributed by atoms with Crippen LogP contribution in [0.25, 0.3) is 0 Å². The van der Waals surface area contributed by atoms with Crippen molar-refractivity contribution in [1.82, 2.24) is 29.7 Å². The molecule has 2 aliphatic heterocycles. The molecule has 0 saturated carbocycles. The van der Waals surface area contributed by atoms with Crippen LogP contribution in [-0.4, -0.2) is 85.1 Å². The van der Waals surface area contributed by atoms with Gasteiger partial charge in [-0.05, 0) is 5.92 Å². The Morgan fingerprint density at radius 2 is 2.17 bits per heavy atom. The Balaban J connectivity index is 0.000000755. The number of halogens is 1. The molecule has 2 aromatic heterocycles. The molecule has 4 rings (SSSR count). The molecular formula is C17H23ClN6O5. The number of nitrogens with zero attached hydrogens (tertiary/aromatic N) is 6. The predicted molar refractivity (Wildman–Crippen MR) is 100 cm³/mol. The van der Waals surface area contributed by atoms with E-state index in [4.69, 9.17) is 26.0 Å². The third kappa shape index (κ3) is 4.26. The van der Waals surface area contributed by atoms with E-state index in [0.717, 1.165) is 6.54 Å². The largest absolute Gasteiger partial charge is 0.483 e. The maximum Gasteiger partial charge on any atom is 0.290 e. The van der Waals surface area contributed by atoms with Crippen LogP contribution in [0.5, 0.6) is 0 Å². The molecule has 12 heteroatoms. The summed E-state index contributed by atoms with van der Waals surface area (Å²) in [5.41, 5.74) is -0.0725. The van der Waals surface area contributed by atoms with Gasteiger partial charge in [0.05, 0.1) is 18.2 Å². The van der Waals surface area contributed by atoms with Crippen molar-refractivity contribution in [1.29, 1.82) is 0 Å². The number of rotatable bonds is 4. The Morgan fingerprint density at radius 1 is 1.45 bits per heavy atom. The third-order valence-electron chi connectivity index (χ3n) is 5.35. The number of likely N-dealkylation sites (tertiary alicyclic amines) is 2. The van der Waals surface area contributed by atoms with Gasteiger partial charge < -0.3 is 19.6 Å². The van der Waals surface area contributed by atoms with Gasteiger partial charge in [-0.15, -0.1) is 0 Å². The zero-order valence-corrected chi connectivity index (χ0v) is 16.9. The van der Waals surface area contributed by atoms with E-state index in [0.29, 0.717) is 42.9 Å². The van der Waals surface area contributed by atoms with E-state index in [2.05, 4.69) is 20.1 Å². The molecule has 0 radical (unpaired) electrons. The molecule has 0 unspecified atom stereocenters. The first kappa shape index (κ1) is 21.2. The Labute approximate surface area is 171 Å². The second-order valence-corrected chi connectivity index (χ2v) is 7.81. The van der Waals surface area contributed by atoms with Crippen LogP contribution < -0.4 is 0 Å². The minimum atomic E-state index is -0.338. The zero-order valence-electron chi connectivity index (χ0n) is 16.2. The van der Waals surface area contributed by atoms with Crippen molar-refractivity contribution in [3.05, 3.63) is 28.6 Å². The van der Waals surface area contributed by atoms with Crippen LogP contribution in [0.3, 0.4) is 0 Å². The van der Waals surface area contributed by atoms with Crippen LogP contribution >= 0.6 is 11.6 Å². The minimum absolute atomic E-state index is 0.0270. The normalized spacial score (nSPS) is 23.6. The van der Waals surface area contributed by atoms with Gasteiger partial charge in [0, 0.05) is 51.8 Å². The summed E-state index contributed by atoms with van der Waals surface area (Å²) in [6.45, 7) is 4.64. The van der Waals surface area contributed by atoms with Gasteiger partial charge in [-0.2, -0.15) is 10.1 Å². The van der Waals surface area contributed by atoms with Crippen LogP contribution in [0.2, 0.25) is 5.02 Å². The van der Waals surface area contributed by atoms with Gasteiger partial charge in [-0.1, -0.05) is 16.8 Å². The van der Waals surface area contributed by atoms with Gasteiger partial charge in [0.1, 0.15) is 0 Å². The van der Waals surface area contributed by atoms with Crippen molar-refractivity contribution in [2.45, 2.75) is 13.5 Å². The molecule has 0 aliphatic carbocycles. The van der Waals surface area contributed by atoms with Crippen LogP contribution in [0.15, 0.2) is 10.7 Å². The van der Waals surface area contributed by atoms with E-state index in [1.807, 2.05) is 0 Å². The standard InChI is InChI=1S/C16H21ClN6O3.CH2O2/c1-10-18-13(20-26-10)6-22-3-11-4-23(8-16(11,7-22)9-24)15(25)14-12(17)5-21(2)19-14;2-1-3/h5,11,24H,3-4,6-9H2,1-2H3;1H,(H,2,3)/t11-,16+;/m0./s1. The van der Waals surface area contributed by atoms with Crippen molar-refractivity contribution in [3.63, 3.8) is 0 Å². The van der Waals surface area contributed by atoms with E-state index in [9.17, 15) is 9.90 Å². The lowest BCUT2D eigenvalue weighted by molar-refractivity contribution is -0.122. The first-order valence-electron chi connectivity index (χ1n) is 9.00. The zero-order chi connectivity index (χ0) is 21.2. The minimum Gasteiger partial charge on any atom is -0.483 e. The van der Waals surface area contributed by atoms with Gasteiger partial charge in [0.15, 0.2) is 11.5 Å². The fourth-order valence-electron chi connectivity index (χ4n) is 4.15. The molecule has 0 bridgehead atoms. The number of aliphatic hydroxyl groups excluding tert-OH is 1. The Morgan fingerprint density at radius 3 is 2.69 bits per heavy atom.